The number of pyridine rings is 1. The van der Waals surface area contributed by atoms with E-state index in [4.69, 9.17) is 0 Å². The lowest BCUT2D eigenvalue weighted by atomic mass is 10.0. The molecule has 1 saturated heterocycles. The summed E-state index contributed by atoms with van der Waals surface area (Å²) in [5, 5.41) is 3.76. The maximum atomic E-state index is 13.2. The van der Waals surface area contributed by atoms with Gasteiger partial charge in [0, 0.05) is 42.3 Å². The molecule has 2 aromatic rings. The average Bonchev–Trinajstić information content (AvgIpc) is 2.60. The highest BCUT2D eigenvalue weighted by Gasteiger charge is 2.33. The summed E-state index contributed by atoms with van der Waals surface area (Å²) in [5.74, 6) is 0.0419. The predicted molar refractivity (Wildman–Crippen MR) is 94.8 cm³/mol. The number of hydrogen-bond acceptors (Lipinski definition) is 3. The van der Waals surface area contributed by atoms with E-state index in [1.165, 1.54) is 12.3 Å². The second-order valence-electron chi connectivity index (χ2n) is 6.98. The fourth-order valence-corrected chi connectivity index (χ4v) is 3.41. The van der Waals surface area contributed by atoms with Gasteiger partial charge in [0.1, 0.15) is 0 Å². The molecule has 140 valence electrons. The Morgan fingerprint density at radius 2 is 2.08 bits per heavy atom. The lowest BCUT2D eigenvalue weighted by Crippen LogP contribution is -2.46. The predicted octanol–water partition coefficient (Wildman–Crippen LogP) is 4.31. The van der Waals surface area contributed by atoms with Gasteiger partial charge in [0.15, 0.2) is 0 Å². The molecule has 1 aliphatic heterocycles. The van der Waals surface area contributed by atoms with Crippen LogP contribution in [0.1, 0.15) is 32.3 Å². The number of fused-ring (bicyclic) bond motifs is 1. The molecule has 1 aliphatic rings. The van der Waals surface area contributed by atoms with E-state index in [1.54, 1.807) is 12.1 Å². The van der Waals surface area contributed by atoms with Crippen LogP contribution in [0.25, 0.3) is 10.9 Å². The minimum atomic E-state index is -4.45. The topological polar surface area (TPSA) is 45.2 Å². The summed E-state index contributed by atoms with van der Waals surface area (Å²) < 4.78 is 39.7. The molecular formula is C19H22F3N3O. The van der Waals surface area contributed by atoms with Crippen LogP contribution < -0.4 is 5.32 Å². The first-order valence-corrected chi connectivity index (χ1v) is 8.77. The van der Waals surface area contributed by atoms with Gasteiger partial charge in [-0.2, -0.15) is 13.2 Å². The fraction of sp³-hybridized carbons (Fsp3) is 0.474. The van der Waals surface area contributed by atoms with Crippen LogP contribution in [0.4, 0.5) is 18.9 Å². The zero-order valence-electron chi connectivity index (χ0n) is 14.8. The van der Waals surface area contributed by atoms with Gasteiger partial charge in [0.05, 0.1) is 11.1 Å². The van der Waals surface area contributed by atoms with E-state index in [-0.39, 0.29) is 23.4 Å². The van der Waals surface area contributed by atoms with Crippen LogP contribution in [0, 0.1) is 5.92 Å². The number of alkyl halides is 3. The van der Waals surface area contributed by atoms with Crippen LogP contribution in [0.2, 0.25) is 0 Å². The van der Waals surface area contributed by atoms with Crippen molar-refractivity contribution < 1.29 is 18.0 Å². The maximum absolute atomic E-state index is 13.2. The molecule has 3 rings (SSSR count). The number of para-hydroxylation sites is 1. The van der Waals surface area contributed by atoms with Crippen molar-refractivity contribution in [2.75, 3.05) is 18.4 Å². The van der Waals surface area contributed by atoms with E-state index in [9.17, 15) is 18.0 Å². The van der Waals surface area contributed by atoms with Gasteiger partial charge in [-0.3, -0.25) is 9.78 Å². The van der Waals surface area contributed by atoms with Crippen LogP contribution in [0.5, 0.6) is 0 Å². The molecule has 2 heterocycles. The fourth-order valence-electron chi connectivity index (χ4n) is 3.41. The van der Waals surface area contributed by atoms with E-state index in [2.05, 4.69) is 10.3 Å². The van der Waals surface area contributed by atoms with Crippen LogP contribution in [0.3, 0.4) is 0 Å². The van der Waals surface area contributed by atoms with Gasteiger partial charge < -0.3 is 10.2 Å². The lowest BCUT2D eigenvalue weighted by molar-refractivity contribution is -0.136. The highest BCUT2D eigenvalue weighted by molar-refractivity contribution is 5.93. The molecule has 0 aliphatic carbocycles. The van der Waals surface area contributed by atoms with E-state index in [1.807, 2.05) is 18.7 Å². The van der Waals surface area contributed by atoms with Gasteiger partial charge in [-0.15, -0.1) is 0 Å². The number of benzene rings is 1. The molecule has 0 spiro atoms. The quantitative estimate of drug-likeness (QED) is 0.881. The van der Waals surface area contributed by atoms with Crippen molar-refractivity contribution in [3.8, 4) is 0 Å². The Labute approximate surface area is 150 Å². The molecule has 1 unspecified atom stereocenters. The smallest absolute Gasteiger partial charge is 0.380 e. The van der Waals surface area contributed by atoms with Crippen molar-refractivity contribution >= 4 is 22.5 Å². The number of anilines is 1. The normalized spacial score (nSPS) is 18.4. The Hall–Kier alpha value is -2.31. The molecular weight excluding hydrogens is 343 g/mol. The first kappa shape index (κ1) is 18.5. The Kier molecular flexibility index (Phi) is 5.07. The molecule has 1 N–H and O–H groups in total. The Morgan fingerprint density at radius 1 is 1.31 bits per heavy atom. The average molecular weight is 365 g/mol. The molecule has 26 heavy (non-hydrogen) atoms. The van der Waals surface area contributed by atoms with Crippen LogP contribution in [0.15, 0.2) is 30.5 Å². The highest BCUT2D eigenvalue weighted by Crippen LogP contribution is 2.36. The highest BCUT2D eigenvalue weighted by atomic mass is 19.4. The third-order valence-corrected chi connectivity index (χ3v) is 4.66. The van der Waals surface area contributed by atoms with Crippen LogP contribution >= 0.6 is 0 Å². The van der Waals surface area contributed by atoms with E-state index < -0.39 is 11.7 Å². The largest absolute Gasteiger partial charge is 0.418 e. The van der Waals surface area contributed by atoms with E-state index in [0.717, 1.165) is 25.5 Å². The molecule has 4 nitrogen and oxygen atoms in total. The second kappa shape index (κ2) is 7.13. The Balaban J connectivity index is 1.86. The molecule has 1 aromatic heterocycles. The number of likely N-dealkylation sites (tertiary alicyclic amines) is 1. The van der Waals surface area contributed by atoms with Crippen molar-refractivity contribution in [2.24, 2.45) is 5.92 Å². The summed E-state index contributed by atoms with van der Waals surface area (Å²) in [7, 11) is 0. The number of rotatable bonds is 3. The van der Waals surface area contributed by atoms with Gasteiger partial charge in [0.25, 0.3) is 0 Å². The SMILES string of the molecule is CC(C)C(=O)N1CCCC(Nc2ccnc3c(C(F)(F)F)cccc23)C1. The van der Waals surface area contributed by atoms with Crippen molar-refractivity contribution in [1.82, 2.24) is 9.88 Å². The summed E-state index contributed by atoms with van der Waals surface area (Å²) in [6.45, 7) is 5.02. The number of amides is 1. The van der Waals surface area contributed by atoms with Gasteiger partial charge in [-0.1, -0.05) is 26.0 Å². The molecule has 0 bridgehead atoms. The van der Waals surface area contributed by atoms with Gasteiger partial charge >= 0.3 is 6.18 Å². The standard InChI is InChI=1S/C19H22F3N3O/c1-12(2)18(26)25-10-4-5-13(11-25)24-16-8-9-23-17-14(16)6-3-7-15(17)19(20,21)22/h3,6-9,12-13H,4-5,10-11H2,1-2H3,(H,23,24). The first-order valence-electron chi connectivity index (χ1n) is 8.77. The summed E-state index contributed by atoms with van der Waals surface area (Å²) in [6, 6.07) is 5.77. The Bertz CT molecular complexity index is 804. The summed E-state index contributed by atoms with van der Waals surface area (Å²) in [6.07, 6.45) is -1.33. The van der Waals surface area contributed by atoms with Crippen LogP contribution in [-0.2, 0) is 11.0 Å². The molecule has 0 radical (unpaired) electrons. The van der Waals surface area contributed by atoms with Crippen molar-refractivity contribution in [3.63, 3.8) is 0 Å². The maximum Gasteiger partial charge on any atom is 0.418 e. The number of nitrogens with zero attached hydrogens (tertiary/aromatic N) is 2. The minimum absolute atomic E-state index is 0.00610. The zero-order chi connectivity index (χ0) is 18.9. The van der Waals surface area contributed by atoms with Gasteiger partial charge in [0.2, 0.25) is 5.91 Å². The van der Waals surface area contributed by atoms with Crippen molar-refractivity contribution in [2.45, 2.75) is 38.9 Å². The van der Waals surface area contributed by atoms with Crippen molar-refractivity contribution in [3.05, 3.63) is 36.0 Å². The zero-order valence-corrected chi connectivity index (χ0v) is 14.8. The van der Waals surface area contributed by atoms with Crippen LogP contribution in [-0.4, -0.2) is 34.9 Å². The number of carbonyl (C=O) groups excluding carboxylic acids is 1. The molecule has 7 heteroatoms. The molecule has 1 amide bonds. The number of aromatic nitrogens is 1. The summed E-state index contributed by atoms with van der Waals surface area (Å²) in [4.78, 5) is 18.0. The number of hydrogen-bond donors (Lipinski definition) is 1. The molecule has 1 aromatic carbocycles. The number of halogens is 3. The third-order valence-electron chi connectivity index (χ3n) is 4.66. The van der Waals surface area contributed by atoms with Gasteiger partial charge in [-0.05, 0) is 25.0 Å². The molecule has 1 atom stereocenters. The van der Waals surface area contributed by atoms with E-state index >= 15 is 0 Å². The number of piperidine rings is 1. The molecule has 0 saturated carbocycles. The number of nitrogens with one attached hydrogen (secondary N) is 1. The Morgan fingerprint density at radius 3 is 2.77 bits per heavy atom. The van der Waals surface area contributed by atoms with E-state index in [0.29, 0.717) is 17.6 Å². The second-order valence-corrected chi connectivity index (χ2v) is 6.98. The monoisotopic (exact) mass is 365 g/mol. The lowest BCUT2D eigenvalue weighted by Gasteiger charge is -2.35. The van der Waals surface area contributed by atoms with Gasteiger partial charge in [-0.25, -0.2) is 0 Å². The summed E-state index contributed by atoms with van der Waals surface area (Å²) in [5.41, 5.74) is -0.181. The summed E-state index contributed by atoms with van der Waals surface area (Å²) >= 11 is 0. The minimum Gasteiger partial charge on any atom is -0.380 e. The molecule has 1 fully saturated rings. The van der Waals surface area contributed by atoms with Crippen molar-refractivity contribution in [1.29, 1.82) is 0 Å². The number of carbonyl (C=O) groups is 1. The third kappa shape index (κ3) is 3.76. The first-order chi connectivity index (χ1) is 12.3.